The van der Waals surface area contributed by atoms with Crippen LogP contribution in [-0.2, 0) is 16.4 Å². The summed E-state index contributed by atoms with van der Waals surface area (Å²) >= 11 is 3.36. The molecule has 0 radical (unpaired) electrons. The van der Waals surface area contributed by atoms with Crippen molar-refractivity contribution in [1.29, 1.82) is 0 Å². The van der Waals surface area contributed by atoms with Crippen LogP contribution in [-0.4, -0.2) is 36.4 Å². The molecule has 20 heavy (non-hydrogen) atoms. The van der Waals surface area contributed by atoms with E-state index in [2.05, 4.69) is 21.2 Å². The standard InChI is InChI=1S/C13H19BrN2O3S/c1-2-5-16-9-10(14)7-12(16)13(17)15-8-11-4-3-6-20(11,18)19/h7,9,11H,2-6,8H2,1H3,(H,15,17). The van der Waals surface area contributed by atoms with E-state index >= 15 is 0 Å². The minimum atomic E-state index is -3.01. The fraction of sp³-hybridized carbons (Fsp3) is 0.615. The predicted molar refractivity (Wildman–Crippen MR) is 81.6 cm³/mol. The molecule has 2 rings (SSSR count). The van der Waals surface area contributed by atoms with Gasteiger partial charge in [-0.1, -0.05) is 6.92 Å². The third kappa shape index (κ3) is 3.44. The summed E-state index contributed by atoms with van der Waals surface area (Å²) in [6.45, 7) is 3.01. The Morgan fingerprint density at radius 3 is 2.90 bits per heavy atom. The Hall–Kier alpha value is -0.820. The van der Waals surface area contributed by atoms with Crippen LogP contribution in [0, 0.1) is 0 Å². The maximum Gasteiger partial charge on any atom is 0.267 e. The van der Waals surface area contributed by atoms with Gasteiger partial charge in [-0.3, -0.25) is 4.79 Å². The largest absolute Gasteiger partial charge is 0.349 e. The Balaban J connectivity index is 2.02. The smallest absolute Gasteiger partial charge is 0.267 e. The van der Waals surface area contributed by atoms with Gasteiger partial charge in [-0.2, -0.15) is 0 Å². The number of hydrogen-bond acceptors (Lipinski definition) is 3. The lowest BCUT2D eigenvalue weighted by Crippen LogP contribution is -2.35. The van der Waals surface area contributed by atoms with Gasteiger partial charge in [0.15, 0.2) is 9.84 Å². The van der Waals surface area contributed by atoms with E-state index in [9.17, 15) is 13.2 Å². The highest BCUT2D eigenvalue weighted by Gasteiger charge is 2.31. The number of hydrogen-bond donors (Lipinski definition) is 1. The zero-order chi connectivity index (χ0) is 14.8. The van der Waals surface area contributed by atoms with Gasteiger partial charge in [0.25, 0.3) is 5.91 Å². The van der Waals surface area contributed by atoms with Crippen molar-refractivity contribution >= 4 is 31.7 Å². The van der Waals surface area contributed by atoms with Gasteiger partial charge in [0.05, 0.1) is 11.0 Å². The normalized spacial score (nSPS) is 21.0. The Morgan fingerprint density at radius 2 is 2.30 bits per heavy atom. The molecule has 1 saturated heterocycles. The average molecular weight is 363 g/mol. The van der Waals surface area contributed by atoms with E-state index in [0.717, 1.165) is 17.4 Å². The van der Waals surface area contributed by atoms with Gasteiger partial charge in [-0.15, -0.1) is 0 Å². The molecule has 0 bridgehead atoms. The molecule has 1 aliphatic heterocycles. The second kappa shape index (κ2) is 6.30. The number of aryl methyl sites for hydroxylation is 1. The number of nitrogens with one attached hydrogen (secondary N) is 1. The Labute approximate surface area is 127 Å². The molecule has 112 valence electrons. The first-order chi connectivity index (χ1) is 9.44. The second-order valence-corrected chi connectivity index (χ2v) is 8.39. The maximum atomic E-state index is 12.2. The highest BCUT2D eigenvalue weighted by atomic mass is 79.9. The molecule has 1 N–H and O–H groups in total. The number of amides is 1. The molecule has 0 spiro atoms. The second-order valence-electron chi connectivity index (χ2n) is 5.08. The van der Waals surface area contributed by atoms with Crippen molar-refractivity contribution in [2.24, 2.45) is 0 Å². The molecular formula is C13H19BrN2O3S. The molecule has 2 heterocycles. The highest BCUT2D eigenvalue weighted by Crippen LogP contribution is 2.20. The molecule has 1 aromatic rings. The number of rotatable bonds is 5. The first-order valence-electron chi connectivity index (χ1n) is 6.79. The predicted octanol–water partition coefficient (Wildman–Crippen LogP) is 1.97. The van der Waals surface area contributed by atoms with Gasteiger partial charge < -0.3 is 9.88 Å². The molecule has 1 aromatic heterocycles. The van der Waals surface area contributed by atoms with Gasteiger partial charge in [0, 0.05) is 23.8 Å². The summed E-state index contributed by atoms with van der Waals surface area (Å²) in [6.07, 6.45) is 4.13. The lowest BCUT2D eigenvalue weighted by Gasteiger charge is -2.12. The Bertz CT molecular complexity index is 595. The molecule has 1 amide bonds. The fourth-order valence-electron chi connectivity index (χ4n) is 2.48. The molecule has 0 aliphatic carbocycles. The Morgan fingerprint density at radius 1 is 1.55 bits per heavy atom. The SMILES string of the molecule is CCCn1cc(Br)cc1C(=O)NCC1CCCS1(=O)=O. The van der Waals surface area contributed by atoms with Crippen LogP contribution in [0.2, 0.25) is 0 Å². The number of aromatic nitrogens is 1. The minimum Gasteiger partial charge on any atom is -0.349 e. The lowest BCUT2D eigenvalue weighted by atomic mass is 10.2. The Kier molecular flexibility index (Phi) is 4.90. The number of carbonyl (C=O) groups is 1. The summed E-state index contributed by atoms with van der Waals surface area (Å²) in [7, 11) is -3.01. The van der Waals surface area contributed by atoms with Gasteiger partial charge >= 0.3 is 0 Å². The van der Waals surface area contributed by atoms with E-state index < -0.39 is 15.1 Å². The van der Waals surface area contributed by atoms with Gasteiger partial charge in [-0.25, -0.2) is 8.42 Å². The summed E-state index contributed by atoms with van der Waals surface area (Å²) in [5.41, 5.74) is 0.564. The summed E-state index contributed by atoms with van der Waals surface area (Å²) < 4.78 is 26.2. The van der Waals surface area contributed by atoms with Crippen molar-refractivity contribution in [2.45, 2.75) is 38.0 Å². The van der Waals surface area contributed by atoms with Crippen molar-refractivity contribution in [1.82, 2.24) is 9.88 Å². The van der Waals surface area contributed by atoms with Gasteiger partial charge in [0.2, 0.25) is 0 Å². The van der Waals surface area contributed by atoms with Crippen LogP contribution in [0.25, 0.3) is 0 Å². The number of sulfone groups is 1. The fourth-order valence-corrected chi connectivity index (χ4v) is 4.71. The van der Waals surface area contributed by atoms with E-state index in [1.807, 2.05) is 17.7 Å². The maximum absolute atomic E-state index is 12.2. The van der Waals surface area contributed by atoms with E-state index in [1.54, 1.807) is 6.07 Å². The van der Waals surface area contributed by atoms with E-state index in [-0.39, 0.29) is 18.2 Å². The molecular weight excluding hydrogens is 344 g/mol. The van der Waals surface area contributed by atoms with Crippen molar-refractivity contribution in [3.8, 4) is 0 Å². The van der Waals surface area contributed by atoms with Crippen molar-refractivity contribution in [3.63, 3.8) is 0 Å². The van der Waals surface area contributed by atoms with Crippen LogP contribution in [0.3, 0.4) is 0 Å². The highest BCUT2D eigenvalue weighted by molar-refractivity contribution is 9.10. The zero-order valence-electron chi connectivity index (χ0n) is 11.4. The third-order valence-corrected chi connectivity index (χ3v) is 6.22. The summed E-state index contributed by atoms with van der Waals surface area (Å²) in [5, 5.41) is 2.32. The molecule has 7 heteroatoms. The van der Waals surface area contributed by atoms with Crippen LogP contribution in [0.5, 0.6) is 0 Å². The van der Waals surface area contributed by atoms with Crippen LogP contribution in [0.15, 0.2) is 16.7 Å². The first-order valence-corrected chi connectivity index (χ1v) is 9.30. The molecule has 0 aromatic carbocycles. The van der Waals surface area contributed by atoms with E-state index in [0.29, 0.717) is 18.5 Å². The van der Waals surface area contributed by atoms with Gasteiger partial charge in [0.1, 0.15) is 5.69 Å². The summed E-state index contributed by atoms with van der Waals surface area (Å²) in [4.78, 5) is 12.2. The molecule has 1 aliphatic rings. The van der Waals surface area contributed by atoms with Gasteiger partial charge in [-0.05, 0) is 41.3 Å². The quantitative estimate of drug-likeness (QED) is 0.870. The van der Waals surface area contributed by atoms with E-state index in [1.165, 1.54) is 0 Å². The average Bonchev–Trinajstić information content (AvgIpc) is 2.90. The number of nitrogens with zero attached hydrogens (tertiary/aromatic N) is 1. The summed E-state index contributed by atoms with van der Waals surface area (Å²) in [6, 6.07) is 1.76. The number of halogens is 1. The van der Waals surface area contributed by atoms with Crippen LogP contribution in [0.1, 0.15) is 36.7 Å². The van der Waals surface area contributed by atoms with Crippen molar-refractivity contribution < 1.29 is 13.2 Å². The molecule has 1 fully saturated rings. The molecule has 5 nitrogen and oxygen atoms in total. The topological polar surface area (TPSA) is 68.2 Å². The van der Waals surface area contributed by atoms with Crippen molar-refractivity contribution in [3.05, 3.63) is 22.4 Å². The molecule has 1 atom stereocenters. The first kappa shape index (κ1) is 15.6. The monoisotopic (exact) mass is 362 g/mol. The zero-order valence-corrected chi connectivity index (χ0v) is 13.8. The minimum absolute atomic E-state index is 0.204. The number of carbonyl (C=O) groups excluding carboxylic acids is 1. The van der Waals surface area contributed by atoms with Crippen LogP contribution < -0.4 is 5.32 Å². The molecule has 1 unspecified atom stereocenters. The van der Waals surface area contributed by atoms with Crippen LogP contribution >= 0.6 is 15.9 Å². The van der Waals surface area contributed by atoms with E-state index in [4.69, 9.17) is 0 Å². The third-order valence-electron chi connectivity index (χ3n) is 3.51. The molecule has 0 saturated carbocycles. The van der Waals surface area contributed by atoms with Crippen molar-refractivity contribution in [2.75, 3.05) is 12.3 Å². The summed E-state index contributed by atoms with van der Waals surface area (Å²) in [5.74, 6) is 0.0249. The van der Waals surface area contributed by atoms with Crippen LogP contribution in [0.4, 0.5) is 0 Å². The lowest BCUT2D eigenvalue weighted by molar-refractivity contribution is 0.0944.